The van der Waals surface area contributed by atoms with Crippen molar-refractivity contribution in [2.24, 2.45) is 0 Å². The third-order valence-corrected chi connectivity index (χ3v) is 7.71. The molecule has 0 rings (SSSR count). The van der Waals surface area contributed by atoms with Crippen molar-refractivity contribution in [2.75, 3.05) is 0 Å². The number of hydrogen-bond donors (Lipinski definition) is 0. The Morgan fingerprint density at radius 2 is 1.42 bits per heavy atom. The normalized spacial score (nSPS) is 11.6. The molecule has 6 nitrogen and oxygen atoms in total. The molecule has 0 saturated carbocycles. The first kappa shape index (κ1) is 17.5. The molecule has 0 aliphatic rings. The van der Waals surface area contributed by atoms with Gasteiger partial charge in [-0.25, -0.2) is 0 Å². The second-order valence-corrected chi connectivity index (χ2v) is 9.23. The number of carbonyl (C=O) groups excluding carboxylic acids is 3. The average molecular weight is 304 g/mol. The molecule has 0 aromatic carbocycles. The van der Waals surface area contributed by atoms with Crippen molar-refractivity contribution in [2.45, 2.75) is 20.0 Å². The van der Waals surface area contributed by atoms with E-state index in [0.29, 0.717) is 18.2 Å². The van der Waals surface area contributed by atoms with E-state index in [2.05, 4.69) is 23.1 Å². The van der Waals surface area contributed by atoms with Crippen LogP contribution >= 0.6 is 0 Å². The van der Waals surface area contributed by atoms with Crippen LogP contribution in [-0.4, -0.2) is 20.2 Å². The van der Waals surface area contributed by atoms with Gasteiger partial charge in [-0.05, 0) is 0 Å². The van der Waals surface area contributed by atoms with Gasteiger partial charge in [0, 0.05) is 0 Å². The standard InChI is InChI=1S/C3H4O2.C3H7O.2C3H3O.O.Ti/c1-2-3(4)5;1-3(2)4;2*1-2-3-4;;/h2H,1H2,(H,4,5);3H,1-2H3;2*2H,1H2;;/q;-1;;;;+2/p-1. The summed E-state index contributed by atoms with van der Waals surface area (Å²) in [5.41, 5.74) is 0. The molecule has 19 heavy (non-hydrogen) atoms. The van der Waals surface area contributed by atoms with Crippen molar-refractivity contribution in [3.8, 4) is 0 Å². The second kappa shape index (κ2) is 6.10. The van der Waals surface area contributed by atoms with Crippen LogP contribution in [0.4, 0.5) is 0 Å². The molecule has 0 saturated heterocycles. The first-order chi connectivity index (χ1) is 8.65. The molecule has 0 amide bonds. The molecule has 0 bridgehead atoms. The zero-order valence-electron chi connectivity index (χ0n) is 10.9. The molecule has 0 aliphatic heterocycles. The van der Waals surface area contributed by atoms with Gasteiger partial charge in [0.1, 0.15) is 0 Å². The summed E-state index contributed by atoms with van der Waals surface area (Å²) < 4.78 is 20.1. The van der Waals surface area contributed by atoms with Crippen molar-refractivity contribution < 1.29 is 40.4 Å². The number of rotatable bonds is 8. The Balaban J connectivity index is 6.24. The molecule has 0 aliphatic carbocycles. The maximum atomic E-state index is 13.0. The van der Waals surface area contributed by atoms with E-state index < -0.39 is 36.3 Å². The summed E-state index contributed by atoms with van der Waals surface area (Å²) in [5.74, 6) is -1.20. The van der Waals surface area contributed by atoms with Gasteiger partial charge in [0.15, 0.2) is 0 Å². The van der Waals surface area contributed by atoms with Gasteiger partial charge >= 0.3 is 112 Å². The second-order valence-electron chi connectivity index (χ2n) is 3.92. The van der Waals surface area contributed by atoms with Crippen molar-refractivity contribution in [1.82, 2.24) is 0 Å². The van der Waals surface area contributed by atoms with E-state index in [1.807, 2.05) is 0 Å². The molecule has 0 radical (unpaired) electrons. The van der Waals surface area contributed by atoms with E-state index in [1.54, 1.807) is 0 Å². The first-order valence-electron chi connectivity index (χ1n) is 5.41. The zero-order valence-corrected chi connectivity index (χ0v) is 12.4. The van der Waals surface area contributed by atoms with Gasteiger partial charge in [0.2, 0.25) is 0 Å². The molecule has 7 heteroatoms. The fourth-order valence-corrected chi connectivity index (χ4v) is 5.64. The first-order valence-corrected chi connectivity index (χ1v) is 8.88. The molecular weight excluding hydrogens is 288 g/mol. The molecule has 104 valence electrons. The molecule has 0 aromatic heterocycles. The predicted molar refractivity (Wildman–Crippen MR) is 63.6 cm³/mol. The molecule has 0 heterocycles. The fourth-order valence-electron chi connectivity index (χ4n) is 1.37. The molecule has 0 N–H and O–H groups in total. The van der Waals surface area contributed by atoms with E-state index in [-0.39, 0.29) is 0 Å². The van der Waals surface area contributed by atoms with Gasteiger partial charge in [-0.15, -0.1) is 0 Å². The summed E-state index contributed by atoms with van der Waals surface area (Å²) in [6.45, 7) is 12.3. The Morgan fingerprint density at radius 1 is 1.00 bits per heavy atom. The van der Waals surface area contributed by atoms with Crippen LogP contribution in [-0.2, 0) is 40.4 Å². The molecule has 0 fully saturated rings. The Morgan fingerprint density at radius 3 is 1.68 bits per heavy atom. The van der Waals surface area contributed by atoms with E-state index in [9.17, 15) is 17.7 Å². The predicted octanol–water partition coefficient (Wildman–Crippen LogP) is 1.43. The quantitative estimate of drug-likeness (QED) is 0.498. The Bertz CT molecular complexity index is 490. The van der Waals surface area contributed by atoms with Crippen LogP contribution in [0, 0.1) is 0 Å². The van der Waals surface area contributed by atoms with Gasteiger partial charge in [-0.2, -0.15) is 0 Å². The summed E-state index contributed by atoms with van der Waals surface area (Å²) in [4.78, 5) is 35.1. The monoisotopic (exact) mass is 304 g/mol. The maximum absolute atomic E-state index is 13.0. The molecule has 0 atom stereocenters. The van der Waals surface area contributed by atoms with E-state index >= 15 is 0 Å². The van der Waals surface area contributed by atoms with Gasteiger partial charge in [-0.3, -0.25) is 0 Å². The van der Waals surface area contributed by atoms with Crippen LogP contribution < -0.4 is 0 Å². The average Bonchev–Trinajstić information content (AvgIpc) is 2.35. The summed E-state index contributed by atoms with van der Waals surface area (Å²) in [5, 5.41) is 0. The Kier molecular flexibility index (Phi) is 5.62. The van der Waals surface area contributed by atoms with Crippen LogP contribution in [0.1, 0.15) is 13.8 Å². The third-order valence-electron chi connectivity index (χ3n) is 2.12. The minimum atomic E-state index is -6.64. The SMILES string of the molecule is C=CC(=O)[O][Ti](=[O])([O]C(C)C)([C](=O)C=C)[C](=O)C=C. The van der Waals surface area contributed by atoms with E-state index in [4.69, 9.17) is 3.32 Å². The summed E-state index contributed by atoms with van der Waals surface area (Å²) in [6.07, 6.45) is 1.14. The van der Waals surface area contributed by atoms with Crippen molar-refractivity contribution in [1.29, 1.82) is 0 Å². The fraction of sp³-hybridized carbons (Fsp3) is 0.250. The van der Waals surface area contributed by atoms with Crippen LogP contribution in [0.25, 0.3) is 0 Å². The van der Waals surface area contributed by atoms with Crippen molar-refractivity contribution in [3.63, 3.8) is 0 Å². The van der Waals surface area contributed by atoms with E-state index in [0.717, 1.165) is 0 Å². The Labute approximate surface area is 112 Å². The molecule has 0 aromatic rings. The van der Waals surface area contributed by atoms with Crippen molar-refractivity contribution >= 4 is 14.1 Å². The zero-order chi connectivity index (χ0) is 15.3. The minimum absolute atomic E-state index is 0.629. The Hall–Kier alpha value is -1.50. The summed E-state index contributed by atoms with van der Waals surface area (Å²) in [7, 11) is 0. The van der Waals surface area contributed by atoms with Gasteiger partial charge < -0.3 is 0 Å². The van der Waals surface area contributed by atoms with Gasteiger partial charge in [-0.1, -0.05) is 0 Å². The van der Waals surface area contributed by atoms with Gasteiger partial charge in [0.05, 0.1) is 0 Å². The van der Waals surface area contributed by atoms with Gasteiger partial charge in [0.25, 0.3) is 0 Å². The van der Waals surface area contributed by atoms with Crippen LogP contribution in [0.2, 0.25) is 0 Å². The number of carbonyl (C=O) groups is 3. The molecule has 0 unspecified atom stereocenters. The molecule has 0 spiro atoms. The van der Waals surface area contributed by atoms with E-state index in [1.165, 1.54) is 13.8 Å². The van der Waals surface area contributed by atoms with Crippen LogP contribution in [0.15, 0.2) is 38.0 Å². The summed E-state index contributed by atoms with van der Waals surface area (Å²) in [6, 6.07) is 0. The molecular formula is C12H16O6Ti. The topological polar surface area (TPSA) is 86.7 Å². The summed E-state index contributed by atoms with van der Waals surface area (Å²) >= 11 is -6.64. The van der Waals surface area contributed by atoms with Crippen LogP contribution in [0.3, 0.4) is 0 Å². The number of hydrogen-bond acceptors (Lipinski definition) is 6. The van der Waals surface area contributed by atoms with Crippen molar-refractivity contribution in [3.05, 3.63) is 38.0 Å². The van der Waals surface area contributed by atoms with Crippen LogP contribution in [0.5, 0.6) is 0 Å². The number of allylic oxidation sites excluding steroid dienone is 2. The third kappa shape index (κ3) is 3.29.